The van der Waals surface area contributed by atoms with Gasteiger partial charge in [0, 0.05) is 10.6 Å². The van der Waals surface area contributed by atoms with E-state index in [9.17, 15) is 0 Å². The molecule has 0 bridgehead atoms. The van der Waals surface area contributed by atoms with Crippen LogP contribution in [0.4, 0.5) is 11.5 Å². The van der Waals surface area contributed by atoms with Crippen LogP contribution in [0.25, 0.3) is 10.2 Å². The zero-order valence-corrected chi connectivity index (χ0v) is 13.8. The molecule has 2 aromatic heterocycles. The Balaban J connectivity index is 2.06. The molecule has 2 heterocycles. The van der Waals surface area contributed by atoms with Crippen molar-refractivity contribution in [3.63, 3.8) is 0 Å². The summed E-state index contributed by atoms with van der Waals surface area (Å²) in [7, 11) is 0. The summed E-state index contributed by atoms with van der Waals surface area (Å²) in [5.41, 5.74) is 3.53. The average molecular weight is 318 g/mol. The highest BCUT2D eigenvalue weighted by molar-refractivity contribution is 7.18. The molecule has 0 radical (unpaired) electrons. The standard InChI is InChI=1S/C16H16ClN3S/c1-4-12-8-13-14(19-16(17)20-15(13)21-12)18-11-6-5-9(2)10(3)7-11/h5-8H,4H2,1-3H3,(H,18,19,20). The summed E-state index contributed by atoms with van der Waals surface area (Å²) < 4.78 is 0. The Morgan fingerprint density at radius 3 is 2.67 bits per heavy atom. The fraction of sp³-hybridized carbons (Fsp3) is 0.250. The molecule has 0 amide bonds. The molecule has 21 heavy (non-hydrogen) atoms. The van der Waals surface area contributed by atoms with E-state index in [1.807, 2.05) is 0 Å². The zero-order chi connectivity index (χ0) is 15.0. The summed E-state index contributed by atoms with van der Waals surface area (Å²) in [5.74, 6) is 0.768. The van der Waals surface area contributed by atoms with Crippen LogP contribution in [0.1, 0.15) is 22.9 Å². The average Bonchev–Trinajstić information content (AvgIpc) is 2.86. The van der Waals surface area contributed by atoms with Crippen molar-refractivity contribution >= 4 is 44.7 Å². The molecule has 3 aromatic rings. The van der Waals surface area contributed by atoms with Gasteiger partial charge < -0.3 is 5.32 Å². The highest BCUT2D eigenvalue weighted by atomic mass is 35.5. The first-order valence-electron chi connectivity index (χ1n) is 6.87. The third-order valence-electron chi connectivity index (χ3n) is 3.53. The summed E-state index contributed by atoms with van der Waals surface area (Å²) >= 11 is 7.71. The zero-order valence-electron chi connectivity index (χ0n) is 12.2. The van der Waals surface area contributed by atoms with Gasteiger partial charge >= 0.3 is 0 Å². The van der Waals surface area contributed by atoms with E-state index in [2.05, 4.69) is 60.3 Å². The summed E-state index contributed by atoms with van der Waals surface area (Å²) in [6, 6.07) is 8.41. The van der Waals surface area contributed by atoms with Crippen LogP contribution in [0, 0.1) is 13.8 Å². The van der Waals surface area contributed by atoms with Crippen LogP contribution in [0.15, 0.2) is 24.3 Å². The van der Waals surface area contributed by atoms with E-state index in [1.165, 1.54) is 16.0 Å². The minimum Gasteiger partial charge on any atom is -0.340 e. The number of benzene rings is 1. The summed E-state index contributed by atoms with van der Waals surface area (Å²) in [4.78, 5) is 10.9. The molecule has 1 N–H and O–H groups in total. The van der Waals surface area contributed by atoms with Crippen molar-refractivity contribution in [1.82, 2.24) is 9.97 Å². The van der Waals surface area contributed by atoms with Crippen molar-refractivity contribution in [2.24, 2.45) is 0 Å². The van der Waals surface area contributed by atoms with Crippen LogP contribution in [0.3, 0.4) is 0 Å². The predicted octanol–water partition coefficient (Wildman–Crippen LogP) is 5.27. The number of aryl methyl sites for hydroxylation is 3. The van der Waals surface area contributed by atoms with Crippen LogP contribution in [-0.2, 0) is 6.42 Å². The molecule has 0 spiro atoms. The van der Waals surface area contributed by atoms with Crippen LogP contribution in [0.2, 0.25) is 5.28 Å². The molecule has 3 nitrogen and oxygen atoms in total. The van der Waals surface area contributed by atoms with Gasteiger partial charge in [0.05, 0.1) is 5.39 Å². The molecule has 0 aliphatic heterocycles. The van der Waals surface area contributed by atoms with Gasteiger partial charge in [-0.3, -0.25) is 0 Å². The molecule has 0 aliphatic carbocycles. The van der Waals surface area contributed by atoms with E-state index in [-0.39, 0.29) is 5.28 Å². The third-order valence-corrected chi connectivity index (χ3v) is 4.88. The molecule has 108 valence electrons. The molecule has 0 aliphatic rings. The van der Waals surface area contributed by atoms with E-state index >= 15 is 0 Å². The highest BCUT2D eigenvalue weighted by Gasteiger charge is 2.11. The van der Waals surface area contributed by atoms with E-state index in [0.717, 1.165) is 28.1 Å². The Morgan fingerprint density at radius 1 is 1.14 bits per heavy atom. The van der Waals surface area contributed by atoms with Crippen molar-refractivity contribution in [2.75, 3.05) is 5.32 Å². The van der Waals surface area contributed by atoms with Crippen LogP contribution in [0.5, 0.6) is 0 Å². The maximum absolute atomic E-state index is 6.04. The first-order valence-corrected chi connectivity index (χ1v) is 8.06. The van der Waals surface area contributed by atoms with E-state index in [0.29, 0.717) is 0 Å². The van der Waals surface area contributed by atoms with E-state index in [4.69, 9.17) is 11.6 Å². The maximum atomic E-state index is 6.04. The molecule has 3 rings (SSSR count). The summed E-state index contributed by atoms with van der Waals surface area (Å²) in [6.45, 7) is 6.34. The van der Waals surface area contributed by atoms with Crippen LogP contribution in [-0.4, -0.2) is 9.97 Å². The number of anilines is 2. The number of hydrogen-bond acceptors (Lipinski definition) is 4. The topological polar surface area (TPSA) is 37.8 Å². The van der Waals surface area contributed by atoms with Gasteiger partial charge in [-0.2, -0.15) is 4.98 Å². The van der Waals surface area contributed by atoms with Crippen molar-refractivity contribution in [2.45, 2.75) is 27.2 Å². The molecule has 1 aromatic carbocycles. The minimum absolute atomic E-state index is 0.276. The fourth-order valence-corrected chi connectivity index (χ4v) is 3.36. The largest absolute Gasteiger partial charge is 0.340 e. The molecular formula is C16H16ClN3S. The second kappa shape index (κ2) is 5.62. The Kier molecular flexibility index (Phi) is 3.83. The normalized spacial score (nSPS) is 11.0. The Hall–Kier alpha value is -1.65. The second-order valence-corrected chi connectivity index (χ2v) is 6.50. The third kappa shape index (κ3) is 2.87. The van der Waals surface area contributed by atoms with Gasteiger partial charge in [-0.15, -0.1) is 11.3 Å². The van der Waals surface area contributed by atoms with Gasteiger partial charge in [-0.1, -0.05) is 13.0 Å². The first kappa shape index (κ1) is 14.3. The minimum atomic E-state index is 0.276. The van der Waals surface area contributed by atoms with Gasteiger partial charge in [0.2, 0.25) is 5.28 Å². The highest BCUT2D eigenvalue weighted by Crippen LogP contribution is 2.32. The molecule has 0 fully saturated rings. The monoisotopic (exact) mass is 317 g/mol. The molecular weight excluding hydrogens is 302 g/mol. The van der Waals surface area contributed by atoms with Crippen LogP contribution >= 0.6 is 22.9 Å². The molecule has 0 atom stereocenters. The van der Waals surface area contributed by atoms with Gasteiger partial charge in [0.15, 0.2) is 0 Å². The van der Waals surface area contributed by atoms with E-state index in [1.54, 1.807) is 11.3 Å². The predicted molar refractivity (Wildman–Crippen MR) is 91.0 cm³/mol. The maximum Gasteiger partial charge on any atom is 0.225 e. The van der Waals surface area contributed by atoms with Crippen LogP contribution < -0.4 is 5.32 Å². The van der Waals surface area contributed by atoms with Crippen molar-refractivity contribution < 1.29 is 0 Å². The SMILES string of the molecule is CCc1cc2c(Nc3ccc(C)c(C)c3)nc(Cl)nc2s1. The van der Waals surface area contributed by atoms with E-state index < -0.39 is 0 Å². The Bertz CT molecular complexity index is 811. The lowest BCUT2D eigenvalue weighted by atomic mass is 10.1. The van der Waals surface area contributed by atoms with Gasteiger partial charge in [-0.25, -0.2) is 4.98 Å². The number of rotatable bonds is 3. The fourth-order valence-electron chi connectivity index (χ4n) is 2.17. The van der Waals surface area contributed by atoms with Crippen molar-refractivity contribution in [3.05, 3.63) is 45.6 Å². The number of thiophene rings is 1. The molecule has 0 saturated heterocycles. The summed E-state index contributed by atoms with van der Waals surface area (Å²) in [6.07, 6.45) is 0.988. The Labute approximate surface area is 133 Å². The Morgan fingerprint density at radius 2 is 1.95 bits per heavy atom. The van der Waals surface area contributed by atoms with Crippen molar-refractivity contribution in [1.29, 1.82) is 0 Å². The summed E-state index contributed by atoms with van der Waals surface area (Å²) in [5, 5.41) is 4.67. The number of fused-ring (bicyclic) bond motifs is 1. The van der Waals surface area contributed by atoms with Crippen molar-refractivity contribution in [3.8, 4) is 0 Å². The smallest absolute Gasteiger partial charge is 0.225 e. The van der Waals surface area contributed by atoms with Gasteiger partial charge in [0.25, 0.3) is 0 Å². The number of aromatic nitrogens is 2. The molecule has 0 unspecified atom stereocenters. The van der Waals surface area contributed by atoms with Gasteiger partial charge in [0.1, 0.15) is 10.6 Å². The van der Waals surface area contributed by atoms with Gasteiger partial charge in [-0.05, 0) is 61.2 Å². The number of halogens is 1. The number of hydrogen-bond donors (Lipinski definition) is 1. The molecule has 5 heteroatoms. The quantitative estimate of drug-likeness (QED) is 0.669. The lowest BCUT2D eigenvalue weighted by Crippen LogP contribution is -1.96. The first-order chi connectivity index (χ1) is 10.1. The molecule has 0 saturated carbocycles. The second-order valence-electron chi connectivity index (χ2n) is 5.05. The number of nitrogens with zero attached hydrogens (tertiary/aromatic N) is 2. The number of nitrogens with one attached hydrogen (secondary N) is 1. The lowest BCUT2D eigenvalue weighted by Gasteiger charge is -2.09. The lowest BCUT2D eigenvalue weighted by molar-refractivity contribution is 1.19.